The van der Waals surface area contributed by atoms with Crippen LogP contribution in [0.1, 0.15) is 18.4 Å². The topological polar surface area (TPSA) is 0 Å². The van der Waals surface area contributed by atoms with Gasteiger partial charge in [-0.1, -0.05) is 36.4 Å². The van der Waals surface area contributed by atoms with E-state index < -0.39 is 0 Å². The van der Waals surface area contributed by atoms with Crippen molar-refractivity contribution in [3.8, 4) is 0 Å². The van der Waals surface area contributed by atoms with Crippen LogP contribution in [0.2, 0.25) is 0 Å². The van der Waals surface area contributed by atoms with Crippen molar-refractivity contribution in [2.45, 2.75) is 19.8 Å². The third-order valence-corrected chi connectivity index (χ3v) is 4.52. The molecule has 0 aliphatic heterocycles. The first-order valence-electron chi connectivity index (χ1n) is 5.66. The van der Waals surface area contributed by atoms with Crippen molar-refractivity contribution in [1.29, 1.82) is 0 Å². The standard InChI is InChI=1S/C15H13I/c1-10-11-6-2-4-8-13(11)15(16)14-9-5-3-7-12(10)14/h2,4,6-9H,3,5H2,1H3. The number of aryl methyl sites for hydroxylation is 1. The molecule has 0 amide bonds. The quantitative estimate of drug-likeness (QED) is 0.655. The van der Waals surface area contributed by atoms with Gasteiger partial charge in [-0.05, 0) is 69.1 Å². The Morgan fingerprint density at radius 3 is 2.31 bits per heavy atom. The normalized spacial score (nSPS) is 14.1. The highest BCUT2D eigenvalue weighted by atomic mass is 127. The van der Waals surface area contributed by atoms with Crippen molar-refractivity contribution in [2.24, 2.45) is 0 Å². The van der Waals surface area contributed by atoms with Gasteiger partial charge in [-0.3, -0.25) is 0 Å². The van der Waals surface area contributed by atoms with Crippen LogP contribution in [0.25, 0.3) is 22.9 Å². The van der Waals surface area contributed by atoms with Crippen molar-refractivity contribution in [2.75, 3.05) is 0 Å². The average Bonchev–Trinajstić information content (AvgIpc) is 2.36. The predicted octanol–water partition coefficient (Wildman–Crippen LogP) is 3.11. The highest BCUT2D eigenvalue weighted by molar-refractivity contribution is 14.1. The Kier molecular flexibility index (Phi) is 2.51. The first-order chi connectivity index (χ1) is 7.79. The summed E-state index contributed by atoms with van der Waals surface area (Å²) in [6, 6.07) is 8.72. The summed E-state index contributed by atoms with van der Waals surface area (Å²) in [5.74, 6) is 0. The number of hydrogen-bond donors (Lipinski definition) is 0. The summed E-state index contributed by atoms with van der Waals surface area (Å²) in [6.07, 6.45) is 7.14. The fourth-order valence-electron chi connectivity index (χ4n) is 2.53. The molecule has 2 aromatic rings. The molecule has 0 bridgehead atoms. The van der Waals surface area contributed by atoms with Crippen LogP contribution in [0, 0.1) is 10.5 Å². The van der Waals surface area contributed by atoms with E-state index >= 15 is 0 Å². The van der Waals surface area contributed by atoms with Gasteiger partial charge in [0.25, 0.3) is 0 Å². The summed E-state index contributed by atoms with van der Waals surface area (Å²) >= 11 is 2.49. The molecule has 0 spiro atoms. The maximum atomic E-state index is 2.49. The highest BCUT2D eigenvalue weighted by Gasteiger charge is 2.07. The van der Waals surface area contributed by atoms with Gasteiger partial charge in [0.05, 0.1) is 0 Å². The van der Waals surface area contributed by atoms with Crippen molar-refractivity contribution in [1.82, 2.24) is 0 Å². The Morgan fingerprint density at radius 2 is 1.56 bits per heavy atom. The van der Waals surface area contributed by atoms with E-state index in [1.807, 2.05) is 0 Å². The lowest BCUT2D eigenvalue weighted by atomic mass is 9.97. The fourth-order valence-corrected chi connectivity index (χ4v) is 3.51. The van der Waals surface area contributed by atoms with E-state index in [2.05, 4.69) is 65.9 Å². The predicted molar refractivity (Wildman–Crippen MR) is 78.8 cm³/mol. The molecule has 1 aliphatic rings. The van der Waals surface area contributed by atoms with Gasteiger partial charge in [-0.25, -0.2) is 0 Å². The molecule has 1 heteroatoms. The number of hydrogen-bond acceptors (Lipinski definition) is 0. The number of halogens is 1. The number of fused-ring (bicyclic) bond motifs is 2. The summed E-state index contributed by atoms with van der Waals surface area (Å²) in [7, 11) is 0. The summed E-state index contributed by atoms with van der Waals surface area (Å²) < 4.78 is 1.41. The van der Waals surface area contributed by atoms with E-state index in [0.717, 1.165) is 0 Å². The van der Waals surface area contributed by atoms with Gasteiger partial charge in [0.2, 0.25) is 0 Å². The molecule has 0 saturated heterocycles. The molecule has 0 aromatic heterocycles. The van der Waals surface area contributed by atoms with Crippen LogP contribution in [0.15, 0.2) is 24.3 Å². The maximum absolute atomic E-state index is 2.49. The Bertz CT molecular complexity index is 620. The second-order valence-electron chi connectivity index (χ2n) is 4.30. The van der Waals surface area contributed by atoms with Gasteiger partial charge in [-0.15, -0.1) is 0 Å². The molecule has 2 aromatic carbocycles. The van der Waals surface area contributed by atoms with E-state index in [1.54, 1.807) is 0 Å². The van der Waals surface area contributed by atoms with E-state index in [9.17, 15) is 0 Å². The molecule has 1 aliphatic carbocycles. The molecular formula is C15H13I. The van der Waals surface area contributed by atoms with Crippen LogP contribution in [0.4, 0.5) is 0 Å². The molecule has 0 heterocycles. The molecular weight excluding hydrogens is 307 g/mol. The molecule has 0 N–H and O–H groups in total. The van der Waals surface area contributed by atoms with E-state index in [1.165, 1.54) is 43.2 Å². The minimum absolute atomic E-state index is 1.18. The Morgan fingerprint density at radius 1 is 0.938 bits per heavy atom. The van der Waals surface area contributed by atoms with Gasteiger partial charge >= 0.3 is 0 Å². The Balaban J connectivity index is 2.66. The molecule has 16 heavy (non-hydrogen) atoms. The van der Waals surface area contributed by atoms with Gasteiger partial charge in [-0.2, -0.15) is 0 Å². The third-order valence-electron chi connectivity index (χ3n) is 3.36. The average molecular weight is 320 g/mol. The van der Waals surface area contributed by atoms with Crippen molar-refractivity contribution in [3.63, 3.8) is 0 Å². The summed E-state index contributed by atoms with van der Waals surface area (Å²) in [4.78, 5) is 0. The SMILES string of the molecule is Cc1c2c(c(I)c3ccccc13)=CCCC=2. The lowest BCUT2D eigenvalue weighted by Gasteiger charge is -2.10. The van der Waals surface area contributed by atoms with Crippen LogP contribution in [0.5, 0.6) is 0 Å². The minimum atomic E-state index is 1.18. The number of benzene rings is 2. The third kappa shape index (κ3) is 1.41. The van der Waals surface area contributed by atoms with Crippen molar-refractivity contribution >= 4 is 45.5 Å². The van der Waals surface area contributed by atoms with E-state index in [0.29, 0.717) is 0 Å². The summed E-state index contributed by atoms with van der Waals surface area (Å²) in [6.45, 7) is 2.24. The fraction of sp³-hybridized carbons (Fsp3) is 0.200. The Hall–Kier alpha value is -0.830. The minimum Gasteiger partial charge on any atom is -0.0760 e. The van der Waals surface area contributed by atoms with Crippen LogP contribution < -0.4 is 10.4 Å². The van der Waals surface area contributed by atoms with Crippen LogP contribution in [0.3, 0.4) is 0 Å². The van der Waals surface area contributed by atoms with Gasteiger partial charge in [0.15, 0.2) is 0 Å². The summed E-state index contributed by atoms with van der Waals surface area (Å²) in [5, 5.41) is 5.69. The van der Waals surface area contributed by atoms with Gasteiger partial charge < -0.3 is 0 Å². The molecule has 0 atom stereocenters. The zero-order chi connectivity index (χ0) is 11.1. The lowest BCUT2D eigenvalue weighted by molar-refractivity contribution is 1.11. The monoisotopic (exact) mass is 320 g/mol. The first-order valence-corrected chi connectivity index (χ1v) is 6.74. The second kappa shape index (κ2) is 3.88. The molecule has 0 unspecified atom stereocenters. The zero-order valence-electron chi connectivity index (χ0n) is 9.26. The van der Waals surface area contributed by atoms with Crippen LogP contribution in [-0.4, -0.2) is 0 Å². The van der Waals surface area contributed by atoms with Crippen molar-refractivity contribution < 1.29 is 0 Å². The summed E-state index contributed by atoms with van der Waals surface area (Å²) in [5.41, 5.74) is 1.43. The van der Waals surface area contributed by atoms with Gasteiger partial charge in [0, 0.05) is 3.57 Å². The smallest absolute Gasteiger partial charge is 0.0284 e. The van der Waals surface area contributed by atoms with Crippen LogP contribution in [-0.2, 0) is 0 Å². The molecule has 0 radical (unpaired) electrons. The first kappa shape index (κ1) is 10.3. The molecule has 0 nitrogen and oxygen atoms in total. The van der Waals surface area contributed by atoms with Gasteiger partial charge in [0.1, 0.15) is 0 Å². The lowest BCUT2D eigenvalue weighted by Crippen LogP contribution is -2.32. The second-order valence-corrected chi connectivity index (χ2v) is 5.38. The van der Waals surface area contributed by atoms with Crippen molar-refractivity contribution in [3.05, 3.63) is 43.8 Å². The van der Waals surface area contributed by atoms with Crippen LogP contribution >= 0.6 is 22.6 Å². The molecule has 80 valence electrons. The number of rotatable bonds is 0. The molecule has 0 fully saturated rings. The van der Waals surface area contributed by atoms with E-state index in [-0.39, 0.29) is 0 Å². The largest absolute Gasteiger partial charge is 0.0760 e. The maximum Gasteiger partial charge on any atom is 0.0284 e. The highest BCUT2D eigenvalue weighted by Crippen LogP contribution is 2.19. The zero-order valence-corrected chi connectivity index (χ0v) is 11.4. The van der Waals surface area contributed by atoms with E-state index in [4.69, 9.17) is 0 Å². The Labute approximate surface area is 109 Å². The molecule has 0 saturated carbocycles. The molecule has 3 rings (SSSR count).